The Balaban J connectivity index is 1.35. The van der Waals surface area contributed by atoms with Crippen molar-refractivity contribution in [1.29, 1.82) is 0 Å². The van der Waals surface area contributed by atoms with Crippen LogP contribution >= 0.6 is 11.6 Å². The summed E-state index contributed by atoms with van der Waals surface area (Å²) in [5.74, 6) is 1.45. The molecule has 0 bridgehead atoms. The van der Waals surface area contributed by atoms with E-state index in [2.05, 4.69) is 20.7 Å². The molecule has 1 aliphatic heterocycles. The molecule has 0 radical (unpaired) electrons. The minimum absolute atomic E-state index is 0.208. The van der Waals surface area contributed by atoms with Crippen LogP contribution in [0, 0.1) is 5.92 Å². The number of nitrogens with zero attached hydrogens (tertiary/aromatic N) is 3. The standard InChI is InChI=1S/C27H27ClN6O2/c28-22-10-9-19(23-7-4-8-25(29)32-23)13-20(22)15-31-26-14-24(27(35)30-12-11-18-16-36-17-18)33-34(26)21-5-2-1-3-6-21/h1-10,13-14,18,31H,11-12,15-17H2,(H2,29,32)(H,30,35). The molecule has 1 amide bonds. The molecule has 1 saturated heterocycles. The van der Waals surface area contributed by atoms with Crippen LogP contribution in [0.4, 0.5) is 11.6 Å². The smallest absolute Gasteiger partial charge is 0.271 e. The normalized spacial score (nSPS) is 13.2. The first kappa shape index (κ1) is 23.8. The molecule has 0 unspecified atom stereocenters. The Morgan fingerprint density at radius 3 is 2.67 bits per heavy atom. The molecule has 2 aromatic carbocycles. The van der Waals surface area contributed by atoms with Gasteiger partial charge in [-0.05, 0) is 48.4 Å². The maximum absolute atomic E-state index is 12.8. The predicted molar refractivity (Wildman–Crippen MR) is 141 cm³/mol. The van der Waals surface area contributed by atoms with Gasteiger partial charge in [0.25, 0.3) is 5.91 Å². The van der Waals surface area contributed by atoms with Crippen LogP contribution in [0.1, 0.15) is 22.5 Å². The molecular formula is C27H27ClN6O2. The summed E-state index contributed by atoms with van der Waals surface area (Å²) in [6.07, 6.45) is 0.896. The summed E-state index contributed by atoms with van der Waals surface area (Å²) >= 11 is 6.51. The minimum Gasteiger partial charge on any atom is -0.384 e. The lowest BCUT2D eigenvalue weighted by atomic mass is 10.0. The number of carbonyl (C=O) groups excluding carboxylic acids is 1. The minimum atomic E-state index is -0.208. The third kappa shape index (κ3) is 5.50. The van der Waals surface area contributed by atoms with Crippen LogP contribution in [0.3, 0.4) is 0 Å². The molecule has 2 aromatic heterocycles. The van der Waals surface area contributed by atoms with E-state index in [1.54, 1.807) is 16.8 Å². The van der Waals surface area contributed by atoms with Gasteiger partial charge >= 0.3 is 0 Å². The lowest BCUT2D eigenvalue weighted by Gasteiger charge is -2.25. The van der Waals surface area contributed by atoms with Crippen LogP contribution in [-0.2, 0) is 11.3 Å². The Kier molecular flexibility index (Phi) is 7.16. The number of anilines is 2. The fraction of sp³-hybridized carbons (Fsp3) is 0.222. The van der Waals surface area contributed by atoms with Crippen molar-refractivity contribution < 1.29 is 9.53 Å². The average Bonchev–Trinajstić information content (AvgIpc) is 3.30. The third-order valence-corrected chi connectivity index (χ3v) is 6.43. The third-order valence-electron chi connectivity index (χ3n) is 6.06. The number of carbonyl (C=O) groups is 1. The molecule has 0 atom stereocenters. The summed E-state index contributed by atoms with van der Waals surface area (Å²) in [5, 5.41) is 11.6. The summed E-state index contributed by atoms with van der Waals surface area (Å²) < 4.78 is 6.93. The van der Waals surface area contributed by atoms with Crippen LogP contribution < -0.4 is 16.4 Å². The van der Waals surface area contributed by atoms with Crippen LogP contribution in [0.2, 0.25) is 5.02 Å². The Morgan fingerprint density at radius 2 is 1.92 bits per heavy atom. The molecule has 3 heterocycles. The second-order valence-electron chi connectivity index (χ2n) is 8.72. The summed E-state index contributed by atoms with van der Waals surface area (Å²) in [4.78, 5) is 17.2. The predicted octanol–water partition coefficient (Wildman–Crippen LogP) is 4.55. The summed E-state index contributed by atoms with van der Waals surface area (Å²) in [5.41, 5.74) is 9.61. The van der Waals surface area contributed by atoms with Gasteiger partial charge in [-0.15, -0.1) is 0 Å². The largest absolute Gasteiger partial charge is 0.384 e. The second kappa shape index (κ2) is 10.8. The van der Waals surface area contributed by atoms with Gasteiger partial charge < -0.3 is 21.1 Å². The number of pyridine rings is 1. The maximum Gasteiger partial charge on any atom is 0.271 e. The van der Waals surface area contributed by atoms with Gasteiger partial charge in [-0.25, -0.2) is 9.67 Å². The van der Waals surface area contributed by atoms with Gasteiger partial charge in [0.15, 0.2) is 5.69 Å². The lowest BCUT2D eigenvalue weighted by molar-refractivity contribution is -0.0349. The summed E-state index contributed by atoms with van der Waals surface area (Å²) in [6, 6.07) is 22.7. The van der Waals surface area contributed by atoms with Crippen molar-refractivity contribution in [2.24, 2.45) is 5.92 Å². The van der Waals surface area contributed by atoms with Gasteiger partial charge in [0.1, 0.15) is 11.6 Å². The molecule has 1 fully saturated rings. The Labute approximate surface area is 214 Å². The van der Waals surface area contributed by atoms with Crippen molar-refractivity contribution in [2.45, 2.75) is 13.0 Å². The zero-order valence-electron chi connectivity index (χ0n) is 19.7. The zero-order chi connectivity index (χ0) is 24.9. The van der Waals surface area contributed by atoms with Gasteiger partial charge in [-0.1, -0.05) is 41.9 Å². The average molecular weight is 503 g/mol. The molecule has 0 saturated carbocycles. The molecular weight excluding hydrogens is 476 g/mol. The van der Waals surface area contributed by atoms with Crippen LogP contribution in [0.15, 0.2) is 72.8 Å². The SMILES string of the molecule is Nc1cccc(-c2ccc(Cl)c(CNc3cc(C(=O)NCCC4COC4)nn3-c3ccccc3)c2)n1. The quantitative estimate of drug-likeness (QED) is 0.310. The van der Waals surface area contributed by atoms with E-state index in [1.807, 2.05) is 60.7 Å². The van der Waals surface area contributed by atoms with Crippen molar-refractivity contribution in [3.63, 3.8) is 0 Å². The molecule has 4 N–H and O–H groups in total. The first-order chi connectivity index (χ1) is 17.6. The number of hydrogen-bond acceptors (Lipinski definition) is 6. The summed E-state index contributed by atoms with van der Waals surface area (Å²) in [6.45, 7) is 2.55. The van der Waals surface area contributed by atoms with Crippen molar-refractivity contribution in [1.82, 2.24) is 20.1 Å². The number of para-hydroxylation sites is 1. The highest BCUT2D eigenvalue weighted by molar-refractivity contribution is 6.31. The number of ether oxygens (including phenoxy) is 1. The molecule has 5 rings (SSSR count). The van der Waals surface area contributed by atoms with Crippen molar-refractivity contribution in [2.75, 3.05) is 30.8 Å². The zero-order valence-corrected chi connectivity index (χ0v) is 20.4. The molecule has 4 aromatic rings. The van der Waals surface area contributed by atoms with E-state index in [9.17, 15) is 4.79 Å². The Bertz CT molecular complexity index is 1350. The van der Waals surface area contributed by atoms with Crippen LogP contribution in [0.25, 0.3) is 16.9 Å². The fourth-order valence-electron chi connectivity index (χ4n) is 3.98. The highest BCUT2D eigenvalue weighted by Gasteiger charge is 2.20. The van der Waals surface area contributed by atoms with E-state index in [-0.39, 0.29) is 5.91 Å². The van der Waals surface area contributed by atoms with Gasteiger partial charge in [-0.3, -0.25) is 4.79 Å². The first-order valence-electron chi connectivity index (χ1n) is 11.8. The van der Waals surface area contributed by atoms with Gasteiger partial charge in [0.05, 0.1) is 24.6 Å². The molecule has 0 spiro atoms. The van der Waals surface area contributed by atoms with E-state index in [0.717, 1.165) is 42.1 Å². The maximum atomic E-state index is 12.8. The fourth-order valence-corrected chi connectivity index (χ4v) is 4.17. The van der Waals surface area contributed by atoms with E-state index >= 15 is 0 Å². The number of nitrogen functional groups attached to an aromatic ring is 1. The molecule has 184 valence electrons. The Hall–Kier alpha value is -3.88. The lowest BCUT2D eigenvalue weighted by Crippen LogP contribution is -2.33. The van der Waals surface area contributed by atoms with Crippen LogP contribution in [-0.4, -0.2) is 40.4 Å². The number of nitrogens with one attached hydrogen (secondary N) is 2. The number of hydrogen-bond donors (Lipinski definition) is 3. The van der Waals surface area contributed by atoms with Gasteiger partial charge in [0, 0.05) is 35.7 Å². The van der Waals surface area contributed by atoms with Gasteiger partial charge in [0.2, 0.25) is 0 Å². The number of benzene rings is 2. The number of aromatic nitrogens is 3. The van der Waals surface area contributed by atoms with Gasteiger partial charge in [-0.2, -0.15) is 5.10 Å². The first-order valence-corrected chi connectivity index (χ1v) is 12.2. The second-order valence-corrected chi connectivity index (χ2v) is 9.12. The molecule has 1 aliphatic rings. The van der Waals surface area contributed by atoms with Crippen LogP contribution in [0.5, 0.6) is 0 Å². The van der Waals surface area contributed by atoms with Crippen molar-refractivity contribution in [3.8, 4) is 16.9 Å². The molecule has 9 heteroatoms. The van der Waals surface area contributed by atoms with E-state index in [1.165, 1.54) is 0 Å². The molecule has 36 heavy (non-hydrogen) atoms. The molecule has 0 aliphatic carbocycles. The number of nitrogens with two attached hydrogens (primary N) is 1. The monoisotopic (exact) mass is 502 g/mol. The van der Waals surface area contributed by atoms with E-state index in [4.69, 9.17) is 22.1 Å². The Morgan fingerprint density at radius 1 is 1.08 bits per heavy atom. The number of halogens is 1. The number of amides is 1. The summed E-state index contributed by atoms with van der Waals surface area (Å²) in [7, 11) is 0. The van der Waals surface area contributed by atoms with E-state index in [0.29, 0.717) is 41.4 Å². The highest BCUT2D eigenvalue weighted by atomic mass is 35.5. The number of rotatable bonds is 9. The topological polar surface area (TPSA) is 107 Å². The van der Waals surface area contributed by atoms with Crippen molar-refractivity contribution >= 4 is 29.1 Å². The van der Waals surface area contributed by atoms with Crippen molar-refractivity contribution in [3.05, 3.63) is 89.1 Å². The molecule has 8 nitrogen and oxygen atoms in total. The highest BCUT2D eigenvalue weighted by Crippen LogP contribution is 2.26. The van der Waals surface area contributed by atoms with E-state index < -0.39 is 0 Å².